The van der Waals surface area contributed by atoms with Gasteiger partial charge in [0.1, 0.15) is 0 Å². The molecule has 3 heteroatoms. The molecule has 3 nitrogen and oxygen atoms in total. The summed E-state index contributed by atoms with van der Waals surface area (Å²) in [5.74, 6) is 0.801. The van der Waals surface area contributed by atoms with E-state index in [1.807, 2.05) is 0 Å². The van der Waals surface area contributed by atoms with Crippen LogP contribution in [-0.2, 0) is 4.79 Å². The smallest absolute Gasteiger partial charge is 0.222 e. The minimum absolute atomic E-state index is 0.0273. The van der Waals surface area contributed by atoms with Gasteiger partial charge in [0.25, 0.3) is 0 Å². The van der Waals surface area contributed by atoms with Crippen LogP contribution in [0, 0.1) is 5.92 Å². The summed E-state index contributed by atoms with van der Waals surface area (Å²) in [6, 6.07) is 0. The normalized spacial score (nSPS) is 17.6. The summed E-state index contributed by atoms with van der Waals surface area (Å²) >= 11 is 0. The van der Waals surface area contributed by atoms with Crippen molar-refractivity contribution in [2.24, 2.45) is 5.92 Å². The van der Waals surface area contributed by atoms with Gasteiger partial charge in [-0.05, 0) is 12.3 Å². The minimum Gasteiger partial charge on any atom is -0.396 e. The third kappa shape index (κ3) is 4.27. The molecule has 1 fully saturated rings. The van der Waals surface area contributed by atoms with Crippen molar-refractivity contribution in [2.75, 3.05) is 13.2 Å². The van der Waals surface area contributed by atoms with Gasteiger partial charge in [0.05, 0.1) is 6.61 Å². The summed E-state index contributed by atoms with van der Waals surface area (Å²) in [7, 11) is 0. The Labute approximate surface area is 79.5 Å². The third-order valence-electron chi connectivity index (χ3n) is 2.69. The molecule has 0 bridgehead atoms. The van der Waals surface area contributed by atoms with E-state index < -0.39 is 0 Å². The fraction of sp³-hybridized carbons (Fsp3) is 0.900. The quantitative estimate of drug-likeness (QED) is 0.673. The van der Waals surface area contributed by atoms with E-state index >= 15 is 0 Å². The molecule has 0 radical (unpaired) electrons. The van der Waals surface area contributed by atoms with Crippen LogP contribution >= 0.6 is 0 Å². The van der Waals surface area contributed by atoms with Gasteiger partial charge in [0, 0.05) is 13.0 Å². The minimum atomic E-state index is -0.0464. The molecule has 0 aliphatic heterocycles. The molecule has 0 saturated heterocycles. The fourth-order valence-electron chi connectivity index (χ4n) is 1.90. The molecule has 1 amide bonds. The number of hydrogen-bond donors (Lipinski definition) is 2. The van der Waals surface area contributed by atoms with Crippen LogP contribution < -0.4 is 5.32 Å². The molecule has 0 aromatic heterocycles. The first-order chi connectivity index (χ1) is 6.33. The SMILES string of the molecule is O=C(CCO)NCCC1CCCC1. The van der Waals surface area contributed by atoms with Crippen LogP contribution in [0.5, 0.6) is 0 Å². The molecular formula is C10H19NO2. The molecule has 0 unspecified atom stereocenters. The van der Waals surface area contributed by atoms with Gasteiger partial charge in [-0.15, -0.1) is 0 Å². The highest BCUT2D eigenvalue weighted by Gasteiger charge is 2.14. The van der Waals surface area contributed by atoms with E-state index in [1.165, 1.54) is 25.7 Å². The van der Waals surface area contributed by atoms with E-state index in [0.717, 1.165) is 18.9 Å². The molecule has 0 aromatic rings. The van der Waals surface area contributed by atoms with Crippen LogP contribution in [0.2, 0.25) is 0 Å². The predicted molar refractivity (Wildman–Crippen MR) is 51.3 cm³/mol. The summed E-state index contributed by atoms with van der Waals surface area (Å²) in [4.78, 5) is 10.9. The molecule has 1 rings (SSSR count). The number of aliphatic hydroxyl groups excluding tert-OH is 1. The second-order valence-corrected chi connectivity index (χ2v) is 3.76. The van der Waals surface area contributed by atoms with Crippen LogP contribution in [-0.4, -0.2) is 24.2 Å². The molecule has 0 heterocycles. The lowest BCUT2D eigenvalue weighted by Crippen LogP contribution is -2.26. The van der Waals surface area contributed by atoms with Gasteiger partial charge in [0.2, 0.25) is 5.91 Å². The van der Waals surface area contributed by atoms with Crippen molar-refractivity contribution in [3.05, 3.63) is 0 Å². The van der Waals surface area contributed by atoms with E-state index in [-0.39, 0.29) is 18.9 Å². The Morgan fingerprint density at radius 3 is 2.69 bits per heavy atom. The molecule has 1 saturated carbocycles. The van der Waals surface area contributed by atoms with Crippen molar-refractivity contribution in [3.8, 4) is 0 Å². The Hall–Kier alpha value is -0.570. The summed E-state index contributed by atoms with van der Waals surface area (Å²) in [6.45, 7) is 0.735. The van der Waals surface area contributed by atoms with Gasteiger partial charge in [-0.3, -0.25) is 4.79 Å². The number of nitrogens with one attached hydrogen (secondary N) is 1. The molecule has 0 aromatic carbocycles. The van der Waals surface area contributed by atoms with Crippen molar-refractivity contribution in [3.63, 3.8) is 0 Å². The van der Waals surface area contributed by atoms with Crippen LogP contribution in [0.4, 0.5) is 0 Å². The lowest BCUT2D eigenvalue weighted by atomic mass is 10.0. The maximum Gasteiger partial charge on any atom is 0.222 e. The van der Waals surface area contributed by atoms with Crippen molar-refractivity contribution in [1.82, 2.24) is 5.32 Å². The molecule has 2 N–H and O–H groups in total. The maximum atomic E-state index is 10.9. The van der Waals surface area contributed by atoms with Gasteiger partial charge in [0.15, 0.2) is 0 Å². The summed E-state index contributed by atoms with van der Waals surface area (Å²) in [5, 5.41) is 11.3. The number of hydrogen-bond acceptors (Lipinski definition) is 2. The van der Waals surface area contributed by atoms with Crippen LogP contribution in [0.1, 0.15) is 38.5 Å². The van der Waals surface area contributed by atoms with Gasteiger partial charge >= 0.3 is 0 Å². The molecule has 13 heavy (non-hydrogen) atoms. The first-order valence-electron chi connectivity index (χ1n) is 5.20. The summed E-state index contributed by atoms with van der Waals surface area (Å²) in [5.41, 5.74) is 0. The maximum absolute atomic E-state index is 10.9. The second kappa shape index (κ2) is 5.97. The highest BCUT2D eigenvalue weighted by Crippen LogP contribution is 2.26. The van der Waals surface area contributed by atoms with Crippen LogP contribution in [0.3, 0.4) is 0 Å². The molecule has 76 valence electrons. The van der Waals surface area contributed by atoms with Crippen molar-refractivity contribution >= 4 is 5.91 Å². The number of amides is 1. The first-order valence-corrected chi connectivity index (χ1v) is 5.20. The molecular weight excluding hydrogens is 166 g/mol. The average Bonchev–Trinajstić information content (AvgIpc) is 2.57. The largest absolute Gasteiger partial charge is 0.396 e. The Kier molecular flexibility index (Phi) is 4.83. The lowest BCUT2D eigenvalue weighted by molar-refractivity contribution is -0.121. The number of aliphatic hydroxyl groups is 1. The zero-order valence-electron chi connectivity index (χ0n) is 8.09. The Morgan fingerprint density at radius 2 is 2.08 bits per heavy atom. The van der Waals surface area contributed by atoms with E-state index in [0.29, 0.717) is 0 Å². The van der Waals surface area contributed by atoms with Crippen molar-refractivity contribution < 1.29 is 9.90 Å². The molecule has 0 atom stereocenters. The van der Waals surface area contributed by atoms with Gasteiger partial charge < -0.3 is 10.4 Å². The summed E-state index contributed by atoms with van der Waals surface area (Å²) in [6.07, 6.45) is 6.72. The van der Waals surface area contributed by atoms with E-state index in [2.05, 4.69) is 5.32 Å². The highest BCUT2D eigenvalue weighted by atomic mass is 16.3. The zero-order chi connectivity index (χ0) is 9.52. The molecule has 1 aliphatic carbocycles. The number of rotatable bonds is 5. The average molecular weight is 185 g/mol. The van der Waals surface area contributed by atoms with Crippen LogP contribution in [0.15, 0.2) is 0 Å². The van der Waals surface area contributed by atoms with E-state index in [9.17, 15) is 4.79 Å². The highest BCUT2D eigenvalue weighted by molar-refractivity contribution is 5.75. The molecule has 0 spiro atoms. The van der Waals surface area contributed by atoms with Crippen molar-refractivity contribution in [1.29, 1.82) is 0 Å². The molecule has 1 aliphatic rings. The monoisotopic (exact) mass is 185 g/mol. The fourth-order valence-corrected chi connectivity index (χ4v) is 1.90. The third-order valence-corrected chi connectivity index (χ3v) is 2.69. The Bertz CT molecular complexity index is 153. The summed E-state index contributed by atoms with van der Waals surface area (Å²) < 4.78 is 0. The van der Waals surface area contributed by atoms with Crippen LogP contribution in [0.25, 0.3) is 0 Å². The lowest BCUT2D eigenvalue weighted by Gasteiger charge is -2.09. The first kappa shape index (κ1) is 10.5. The standard InChI is InChI=1S/C10H19NO2/c12-8-6-10(13)11-7-5-9-3-1-2-4-9/h9,12H,1-8H2,(H,11,13). The number of carbonyl (C=O) groups excluding carboxylic acids is 1. The Balaban J connectivity index is 1.96. The predicted octanol–water partition coefficient (Wildman–Crippen LogP) is 1.07. The number of carbonyl (C=O) groups is 1. The van der Waals surface area contributed by atoms with Gasteiger partial charge in [-0.2, -0.15) is 0 Å². The topological polar surface area (TPSA) is 49.3 Å². The van der Waals surface area contributed by atoms with E-state index in [1.54, 1.807) is 0 Å². The Morgan fingerprint density at radius 1 is 1.38 bits per heavy atom. The van der Waals surface area contributed by atoms with Crippen molar-refractivity contribution in [2.45, 2.75) is 38.5 Å². The van der Waals surface area contributed by atoms with Gasteiger partial charge in [-0.25, -0.2) is 0 Å². The van der Waals surface area contributed by atoms with E-state index in [4.69, 9.17) is 5.11 Å². The second-order valence-electron chi connectivity index (χ2n) is 3.76. The van der Waals surface area contributed by atoms with Gasteiger partial charge in [-0.1, -0.05) is 25.7 Å². The zero-order valence-corrected chi connectivity index (χ0v) is 8.09.